The van der Waals surface area contributed by atoms with E-state index in [-0.39, 0.29) is 6.61 Å². The van der Waals surface area contributed by atoms with E-state index in [1.807, 2.05) is 74.4 Å². The Bertz CT molecular complexity index is 1460. The molecule has 10 heteroatoms. The molecule has 0 saturated heterocycles. The summed E-state index contributed by atoms with van der Waals surface area (Å²) in [6.07, 6.45) is 6.65. The van der Waals surface area contributed by atoms with Crippen molar-refractivity contribution in [2.45, 2.75) is 6.61 Å². The van der Waals surface area contributed by atoms with Gasteiger partial charge in [-0.2, -0.15) is 4.98 Å². The van der Waals surface area contributed by atoms with Crippen molar-refractivity contribution in [1.82, 2.24) is 19.4 Å². The van der Waals surface area contributed by atoms with Crippen molar-refractivity contribution >= 4 is 40.2 Å². The number of benzene rings is 2. The van der Waals surface area contributed by atoms with E-state index in [1.54, 1.807) is 19.4 Å². The molecule has 2 heterocycles. The Labute approximate surface area is 222 Å². The Morgan fingerprint density at radius 3 is 2.68 bits per heavy atom. The molecule has 2 aromatic heterocycles. The first-order valence-electron chi connectivity index (χ1n) is 12.2. The van der Waals surface area contributed by atoms with Crippen LogP contribution < -0.4 is 20.7 Å². The third kappa shape index (κ3) is 6.10. The van der Waals surface area contributed by atoms with Gasteiger partial charge in [0, 0.05) is 61.3 Å². The second kappa shape index (κ2) is 11.8. The van der Waals surface area contributed by atoms with Crippen LogP contribution in [-0.2, 0) is 11.4 Å². The predicted molar refractivity (Wildman–Crippen MR) is 151 cm³/mol. The number of aliphatic hydroxyl groups is 1. The summed E-state index contributed by atoms with van der Waals surface area (Å²) in [7, 11) is 7.64. The van der Waals surface area contributed by atoms with E-state index in [2.05, 4.69) is 20.1 Å². The van der Waals surface area contributed by atoms with E-state index in [4.69, 9.17) is 15.5 Å². The molecule has 0 saturated carbocycles. The number of nitrogens with one attached hydrogen (secondary N) is 1. The van der Waals surface area contributed by atoms with Crippen LogP contribution in [0.4, 0.5) is 17.3 Å². The number of ether oxygens (including phenoxy) is 1. The molecule has 0 aliphatic heterocycles. The maximum atomic E-state index is 11.5. The molecule has 4 N–H and O–H groups in total. The second-order valence-electron chi connectivity index (χ2n) is 9.17. The Morgan fingerprint density at radius 2 is 1.97 bits per heavy atom. The van der Waals surface area contributed by atoms with Crippen molar-refractivity contribution in [1.29, 1.82) is 0 Å². The minimum Gasteiger partial charge on any atom is -0.494 e. The number of carbonyl (C=O) groups is 1. The zero-order chi connectivity index (χ0) is 27.2. The van der Waals surface area contributed by atoms with Crippen molar-refractivity contribution in [3.63, 3.8) is 0 Å². The first-order valence-corrected chi connectivity index (χ1v) is 12.2. The van der Waals surface area contributed by atoms with Gasteiger partial charge in [0.1, 0.15) is 11.6 Å². The molecule has 0 unspecified atom stereocenters. The summed E-state index contributed by atoms with van der Waals surface area (Å²) in [6.45, 7) is 1.62. The molecule has 0 radical (unpaired) electrons. The van der Waals surface area contributed by atoms with Crippen LogP contribution >= 0.6 is 0 Å². The highest BCUT2D eigenvalue weighted by atomic mass is 16.5. The minimum atomic E-state index is -0.529. The van der Waals surface area contributed by atoms with Crippen molar-refractivity contribution in [2.75, 3.05) is 51.6 Å². The molecule has 198 valence electrons. The lowest BCUT2D eigenvalue weighted by molar-refractivity contribution is -0.113. The van der Waals surface area contributed by atoms with Crippen molar-refractivity contribution < 1.29 is 14.6 Å². The highest BCUT2D eigenvalue weighted by Crippen LogP contribution is 2.35. The largest absolute Gasteiger partial charge is 0.494 e. The van der Waals surface area contributed by atoms with Crippen LogP contribution in [0.3, 0.4) is 0 Å². The van der Waals surface area contributed by atoms with Crippen LogP contribution in [0.25, 0.3) is 22.8 Å². The van der Waals surface area contributed by atoms with Gasteiger partial charge in [0.2, 0.25) is 11.9 Å². The fourth-order valence-electron chi connectivity index (χ4n) is 4.11. The van der Waals surface area contributed by atoms with Gasteiger partial charge in [-0.15, -0.1) is 0 Å². The maximum absolute atomic E-state index is 11.5. The number of amides is 1. The molecule has 0 aliphatic carbocycles. The van der Waals surface area contributed by atoms with Crippen molar-refractivity contribution in [3.8, 4) is 11.6 Å². The average Bonchev–Trinajstić information content (AvgIpc) is 3.34. The van der Waals surface area contributed by atoms with Crippen LogP contribution in [0.1, 0.15) is 11.1 Å². The SMILES string of the molecule is COc1cc(N(C)CCN(C)C)c(C=CC(N)=O)cc1Nc1nccc(-n2ccc3cc(CO)ccc32)n1. The predicted octanol–water partition coefficient (Wildman–Crippen LogP) is 3.16. The maximum Gasteiger partial charge on any atom is 0.241 e. The van der Waals surface area contributed by atoms with Crippen LogP contribution in [-0.4, -0.2) is 71.8 Å². The fourth-order valence-corrected chi connectivity index (χ4v) is 4.11. The van der Waals surface area contributed by atoms with E-state index in [0.717, 1.165) is 40.8 Å². The van der Waals surface area contributed by atoms with Crippen molar-refractivity contribution in [2.24, 2.45) is 5.73 Å². The number of nitrogens with zero attached hydrogens (tertiary/aromatic N) is 5. The van der Waals surface area contributed by atoms with Crippen LogP contribution in [0.5, 0.6) is 5.75 Å². The molecule has 1 amide bonds. The molecular weight excluding hydrogens is 482 g/mol. The van der Waals surface area contributed by atoms with E-state index in [1.165, 1.54) is 6.08 Å². The lowest BCUT2D eigenvalue weighted by Crippen LogP contribution is -2.29. The molecule has 4 aromatic rings. The molecule has 4 rings (SSSR count). The molecule has 0 fully saturated rings. The molecule has 0 aliphatic rings. The number of hydrogen-bond donors (Lipinski definition) is 3. The fraction of sp³-hybridized carbons (Fsp3) is 0.250. The average molecular weight is 516 g/mol. The number of aliphatic hydroxyl groups excluding tert-OH is 1. The summed E-state index contributed by atoms with van der Waals surface area (Å²) in [4.78, 5) is 24.8. The number of likely N-dealkylation sites (N-methyl/N-ethyl adjacent to an activating group) is 2. The molecule has 10 nitrogen and oxygen atoms in total. The van der Waals surface area contributed by atoms with Crippen LogP contribution in [0, 0.1) is 0 Å². The summed E-state index contributed by atoms with van der Waals surface area (Å²) in [5, 5.41) is 13.7. The van der Waals surface area contributed by atoms with Gasteiger partial charge in [0.15, 0.2) is 0 Å². The smallest absolute Gasteiger partial charge is 0.241 e. The Balaban J connectivity index is 1.69. The summed E-state index contributed by atoms with van der Waals surface area (Å²) in [6, 6.07) is 13.4. The summed E-state index contributed by atoms with van der Waals surface area (Å²) < 4.78 is 7.66. The van der Waals surface area contributed by atoms with E-state index >= 15 is 0 Å². The first kappa shape index (κ1) is 26.6. The highest BCUT2D eigenvalue weighted by molar-refractivity contribution is 5.92. The quantitative estimate of drug-likeness (QED) is 0.261. The Morgan fingerprint density at radius 1 is 1.16 bits per heavy atom. The number of primary amides is 1. The molecular formula is C28H33N7O3. The number of hydrogen-bond acceptors (Lipinski definition) is 8. The van der Waals surface area contributed by atoms with Crippen LogP contribution in [0.15, 0.2) is 60.9 Å². The number of carbonyl (C=O) groups excluding carboxylic acids is 1. The standard InChI is InChI=1S/C28H33N7O3/c1-33(2)13-14-34(3)24-17-25(38-4)22(16-20(24)6-8-26(29)37)31-28-30-11-9-27(32-28)35-12-10-21-15-19(18-36)5-7-23(21)35/h5-12,15-17,36H,13-14,18H2,1-4H3,(H2,29,37)(H,30,31,32). The number of fused-ring (bicyclic) bond motifs is 1. The molecule has 0 atom stereocenters. The number of aromatic nitrogens is 3. The van der Waals surface area contributed by atoms with Gasteiger partial charge < -0.3 is 35.3 Å². The topological polar surface area (TPSA) is 122 Å². The third-order valence-electron chi connectivity index (χ3n) is 6.14. The number of nitrogens with two attached hydrogens (primary N) is 1. The highest BCUT2D eigenvalue weighted by Gasteiger charge is 2.15. The van der Waals surface area contributed by atoms with Gasteiger partial charge in [-0.05, 0) is 56.1 Å². The molecule has 2 aromatic carbocycles. The molecule has 0 bridgehead atoms. The summed E-state index contributed by atoms with van der Waals surface area (Å²) in [5.41, 5.74) is 9.52. The number of rotatable bonds is 11. The monoisotopic (exact) mass is 515 g/mol. The normalized spacial score (nSPS) is 11.4. The van der Waals surface area contributed by atoms with Gasteiger partial charge in [0.25, 0.3) is 0 Å². The van der Waals surface area contributed by atoms with Crippen molar-refractivity contribution in [3.05, 3.63) is 72.1 Å². The van der Waals surface area contributed by atoms with Gasteiger partial charge >= 0.3 is 0 Å². The van der Waals surface area contributed by atoms with Gasteiger partial charge in [-0.25, -0.2) is 4.98 Å². The minimum absolute atomic E-state index is 0.00855. The van der Waals surface area contributed by atoms with Gasteiger partial charge in [-0.1, -0.05) is 6.07 Å². The number of anilines is 3. The lowest BCUT2D eigenvalue weighted by Gasteiger charge is -2.25. The third-order valence-corrected chi connectivity index (χ3v) is 6.14. The number of methoxy groups -OCH3 is 1. The summed E-state index contributed by atoms with van der Waals surface area (Å²) >= 11 is 0. The van der Waals surface area contributed by atoms with E-state index in [0.29, 0.717) is 23.2 Å². The Kier molecular flexibility index (Phi) is 8.25. The molecule has 38 heavy (non-hydrogen) atoms. The second-order valence-corrected chi connectivity index (χ2v) is 9.17. The zero-order valence-electron chi connectivity index (χ0n) is 22.0. The zero-order valence-corrected chi connectivity index (χ0v) is 22.0. The van der Waals surface area contributed by atoms with Crippen LogP contribution in [0.2, 0.25) is 0 Å². The first-order chi connectivity index (χ1) is 18.3. The lowest BCUT2D eigenvalue weighted by atomic mass is 10.1. The summed E-state index contributed by atoms with van der Waals surface area (Å²) in [5.74, 6) is 1.14. The van der Waals surface area contributed by atoms with E-state index < -0.39 is 5.91 Å². The van der Waals surface area contributed by atoms with Gasteiger partial charge in [0.05, 0.1) is 24.9 Å². The molecule has 0 spiro atoms. The van der Waals surface area contributed by atoms with Gasteiger partial charge in [-0.3, -0.25) is 4.79 Å². The Hall–Kier alpha value is -4.41. The van der Waals surface area contributed by atoms with E-state index in [9.17, 15) is 9.90 Å².